The zero-order chi connectivity index (χ0) is 12.2. The van der Waals surface area contributed by atoms with Gasteiger partial charge in [0.1, 0.15) is 0 Å². The van der Waals surface area contributed by atoms with Crippen LogP contribution in [-0.4, -0.2) is 51.2 Å². The van der Waals surface area contributed by atoms with Gasteiger partial charge in [0.05, 0.1) is 12.5 Å². The molecule has 1 saturated heterocycles. The van der Waals surface area contributed by atoms with Crippen molar-refractivity contribution in [2.75, 3.05) is 34.4 Å². The number of esters is 1. The lowest BCUT2D eigenvalue weighted by molar-refractivity contribution is -0.162. The number of nitrogens with zero attached hydrogens (tertiary/aromatic N) is 1. The number of amides is 1. The van der Waals surface area contributed by atoms with E-state index in [4.69, 9.17) is 9.47 Å². The predicted octanol–water partition coefficient (Wildman–Crippen LogP) is 0.435. The number of hydrogen-bond acceptors (Lipinski definition) is 4. The highest BCUT2D eigenvalue weighted by molar-refractivity contribution is 5.87. The Hall–Kier alpha value is -1.10. The molecule has 0 bridgehead atoms. The normalized spacial score (nSPS) is 25.7. The summed E-state index contributed by atoms with van der Waals surface area (Å²) in [6.45, 7) is 1.06. The molecule has 1 unspecified atom stereocenters. The number of likely N-dealkylation sites (tertiary alicyclic amines) is 1. The van der Waals surface area contributed by atoms with Gasteiger partial charge in [-0.25, -0.2) is 0 Å². The molecular formula is C11H19NO4. The van der Waals surface area contributed by atoms with E-state index in [9.17, 15) is 9.59 Å². The topological polar surface area (TPSA) is 55.8 Å². The smallest absolute Gasteiger partial charge is 0.312 e. The second-order valence-corrected chi connectivity index (χ2v) is 4.26. The second-order valence-electron chi connectivity index (χ2n) is 4.26. The highest BCUT2D eigenvalue weighted by atomic mass is 16.5. The van der Waals surface area contributed by atoms with Crippen LogP contribution in [0.4, 0.5) is 0 Å². The van der Waals surface area contributed by atoms with Crippen LogP contribution in [0.5, 0.6) is 0 Å². The quantitative estimate of drug-likeness (QED) is 0.656. The van der Waals surface area contributed by atoms with Gasteiger partial charge in [0, 0.05) is 33.7 Å². The Morgan fingerprint density at radius 1 is 1.50 bits per heavy atom. The lowest BCUT2D eigenvalue weighted by Gasteiger charge is -2.37. The minimum Gasteiger partial charge on any atom is -0.469 e. The van der Waals surface area contributed by atoms with Crippen molar-refractivity contribution in [3.8, 4) is 0 Å². The SMILES string of the molecule is COCCC1(C(=O)OC)CCN(C)C(=O)C1. The van der Waals surface area contributed by atoms with Crippen LogP contribution in [0.2, 0.25) is 0 Å². The van der Waals surface area contributed by atoms with Crippen LogP contribution in [0.25, 0.3) is 0 Å². The molecule has 1 heterocycles. The second kappa shape index (κ2) is 5.30. The number of methoxy groups -OCH3 is 2. The number of hydrogen-bond donors (Lipinski definition) is 0. The van der Waals surface area contributed by atoms with Crippen molar-refractivity contribution in [2.45, 2.75) is 19.3 Å². The average Bonchev–Trinajstić information content (AvgIpc) is 2.30. The molecule has 16 heavy (non-hydrogen) atoms. The van der Waals surface area contributed by atoms with Crippen molar-refractivity contribution in [1.82, 2.24) is 4.90 Å². The van der Waals surface area contributed by atoms with Crippen molar-refractivity contribution in [1.29, 1.82) is 0 Å². The molecule has 0 spiro atoms. The first-order valence-electron chi connectivity index (χ1n) is 5.37. The lowest BCUT2D eigenvalue weighted by Crippen LogP contribution is -2.47. The first-order valence-corrected chi connectivity index (χ1v) is 5.37. The summed E-state index contributed by atoms with van der Waals surface area (Å²) in [5.41, 5.74) is -0.686. The molecule has 1 fully saturated rings. The van der Waals surface area contributed by atoms with Gasteiger partial charge in [-0.15, -0.1) is 0 Å². The summed E-state index contributed by atoms with van der Waals surface area (Å²) in [6, 6.07) is 0. The first kappa shape index (κ1) is 13.0. The molecule has 5 heteroatoms. The van der Waals surface area contributed by atoms with Crippen LogP contribution in [0.1, 0.15) is 19.3 Å². The van der Waals surface area contributed by atoms with Gasteiger partial charge in [-0.2, -0.15) is 0 Å². The molecule has 0 saturated carbocycles. The number of carbonyl (C=O) groups excluding carboxylic acids is 2. The summed E-state index contributed by atoms with van der Waals surface area (Å²) in [5.74, 6) is -0.307. The third kappa shape index (κ3) is 2.52. The van der Waals surface area contributed by atoms with Crippen molar-refractivity contribution in [2.24, 2.45) is 5.41 Å². The third-order valence-electron chi connectivity index (χ3n) is 3.24. The van der Waals surface area contributed by atoms with E-state index in [-0.39, 0.29) is 18.3 Å². The van der Waals surface area contributed by atoms with Crippen LogP contribution < -0.4 is 0 Å². The summed E-state index contributed by atoms with van der Waals surface area (Å²) >= 11 is 0. The van der Waals surface area contributed by atoms with Crippen LogP contribution in [-0.2, 0) is 19.1 Å². The Morgan fingerprint density at radius 2 is 2.19 bits per heavy atom. The van der Waals surface area contributed by atoms with Crippen molar-refractivity contribution < 1.29 is 19.1 Å². The molecule has 1 aliphatic heterocycles. The Bertz CT molecular complexity index is 275. The zero-order valence-corrected chi connectivity index (χ0v) is 10.1. The van der Waals surface area contributed by atoms with E-state index < -0.39 is 5.41 Å². The molecular weight excluding hydrogens is 210 g/mol. The van der Waals surface area contributed by atoms with Crippen molar-refractivity contribution in [3.05, 3.63) is 0 Å². The van der Waals surface area contributed by atoms with Gasteiger partial charge in [0.25, 0.3) is 0 Å². The fourth-order valence-electron chi connectivity index (χ4n) is 2.02. The molecule has 1 atom stereocenters. The zero-order valence-electron chi connectivity index (χ0n) is 10.1. The molecule has 0 radical (unpaired) electrons. The average molecular weight is 229 g/mol. The molecule has 5 nitrogen and oxygen atoms in total. The van der Waals surface area contributed by atoms with Gasteiger partial charge in [-0.1, -0.05) is 0 Å². The highest BCUT2D eigenvalue weighted by Gasteiger charge is 2.44. The maximum atomic E-state index is 11.8. The van der Waals surface area contributed by atoms with Gasteiger partial charge in [-0.3, -0.25) is 9.59 Å². The van der Waals surface area contributed by atoms with Gasteiger partial charge >= 0.3 is 5.97 Å². The highest BCUT2D eigenvalue weighted by Crippen LogP contribution is 2.36. The molecule has 0 N–H and O–H groups in total. The number of carbonyl (C=O) groups is 2. The fraction of sp³-hybridized carbons (Fsp3) is 0.818. The van der Waals surface area contributed by atoms with Crippen molar-refractivity contribution >= 4 is 11.9 Å². The first-order chi connectivity index (χ1) is 7.55. The van der Waals surface area contributed by atoms with E-state index in [1.54, 1.807) is 19.1 Å². The minimum absolute atomic E-state index is 0.00671. The van der Waals surface area contributed by atoms with Gasteiger partial charge in [0.15, 0.2) is 0 Å². The molecule has 0 aromatic heterocycles. The van der Waals surface area contributed by atoms with E-state index >= 15 is 0 Å². The summed E-state index contributed by atoms with van der Waals surface area (Å²) in [6.07, 6.45) is 1.40. The maximum Gasteiger partial charge on any atom is 0.312 e. The van der Waals surface area contributed by atoms with E-state index in [0.717, 1.165) is 0 Å². The Morgan fingerprint density at radius 3 is 2.69 bits per heavy atom. The van der Waals surface area contributed by atoms with Crippen LogP contribution in [0.3, 0.4) is 0 Å². The third-order valence-corrected chi connectivity index (χ3v) is 3.24. The van der Waals surface area contributed by atoms with E-state index in [1.165, 1.54) is 7.11 Å². The van der Waals surface area contributed by atoms with Crippen LogP contribution in [0, 0.1) is 5.41 Å². The monoisotopic (exact) mass is 229 g/mol. The van der Waals surface area contributed by atoms with Crippen LogP contribution in [0.15, 0.2) is 0 Å². The largest absolute Gasteiger partial charge is 0.469 e. The summed E-state index contributed by atoms with van der Waals surface area (Å²) in [7, 11) is 4.70. The lowest BCUT2D eigenvalue weighted by atomic mass is 9.75. The Labute approximate surface area is 95.7 Å². The Kier molecular flexibility index (Phi) is 4.29. The van der Waals surface area contributed by atoms with Gasteiger partial charge in [0.2, 0.25) is 5.91 Å². The molecule has 1 aliphatic rings. The molecule has 0 aliphatic carbocycles. The van der Waals surface area contributed by atoms with E-state index in [2.05, 4.69) is 0 Å². The Balaban J connectivity index is 2.79. The summed E-state index contributed by atoms with van der Waals surface area (Å²) < 4.78 is 9.80. The standard InChI is InChI=1S/C11H19NO4/c1-12-6-4-11(5-7-15-2,8-9(12)13)10(14)16-3/h4-8H2,1-3H3. The molecule has 0 aromatic rings. The van der Waals surface area contributed by atoms with Gasteiger partial charge in [-0.05, 0) is 12.8 Å². The maximum absolute atomic E-state index is 11.8. The summed E-state index contributed by atoms with van der Waals surface area (Å²) in [5, 5.41) is 0. The molecule has 1 rings (SSSR count). The number of piperidine rings is 1. The van der Waals surface area contributed by atoms with E-state index in [0.29, 0.717) is 26.0 Å². The van der Waals surface area contributed by atoms with E-state index in [1.807, 2.05) is 0 Å². The molecule has 92 valence electrons. The number of ether oxygens (including phenoxy) is 2. The molecule has 1 amide bonds. The predicted molar refractivity (Wildman–Crippen MR) is 57.8 cm³/mol. The minimum atomic E-state index is -0.686. The fourth-order valence-corrected chi connectivity index (χ4v) is 2.02. The van der Waals surface area contributed by atoms with Gasteiger partial charge < -0.3 is 14.4 Å². The molecule has 0 aromatic carbocycles. The van der Waals surface area contributed by atoms with Crippen molar-refractivity contribution in [3.63, 3.8) is 0 Å². The van der Waals surface area contributed by atoms with Crippen LogP contribution >= 0.6 is 0 Å². The number of rotatable bonds is 4. The summed E-state index contributed by atoms with van der Waals surface area (Å²) in [4.78, 5) is 25.1.